The van der Waals surface area contributed by atoms with Gasteiger partial charge in [0.2, 0.25) is 0 Å². The van der Waals surface area contributed by atoms with Gasteiger partial charge < -0.3 is 10.6 Å². The van der Waals surface area contributed by atoms with Crippen LogP contribution in [0.25, 0.3) is 11.1 Å². The minimum Gasteiger partial charge on any atom is -0.379 e. The Bertz CT molecular complexity index is 1620. The molecule has 0 aromatic heterocycles. The van der Waals surface area contributed by atoms with Gasteiger partial charge in [0, 0.05) is 40.2 Å². The first-order valence-electron chi connectivity index (χ1n) is 13.0. The largest absolute Gasteiger partial charge is 0.379 e. The summed E-state index contributed by atoms with van der Waals surface area (Å²) in [4.78, 5) is 23.1. The van der Waals surface area contributed by atoms with Crippen LogP contribution in [0.3, 0.4) is 0 Å². The van der Waals surface area contributed by atoms with Gasteiger partial charge in [0.05, 0.1) is 9.82 Å². The number of anilines is 2. The molecule has 0 unspecified atom stereocenters. The highest BCUT2D eigenvalue weighted by atomic mass is 79.9. The van der Waals surface area contributed by atoms with Gasteiger partial charge in [-0.25, -0.2) is 8.42 Å². The molecular formula is C31H32BrN3O5S. The van der Waals surface area contributed by atoms with Crippen LogP contribution in [0.2, 0.25) is 0 Å². The highest BCUT2D eigenvalue weighted by molar-refractivity contribution is 9.10. The second-order valence-corrected chi connectivity index (χ2v) is 12.2. The first-order chi connectivity index (χ1) is 19.5. The maximum absolute atomic E-state index is 12.4. The molecule has 0 spiro atoms. The molecule has 0 saturated heterocycles. The molecule has 0 aliphatic carbocycles. The van der Waals surface area contributed by atoms with E-state index in [-0.39, 0.29) is 21.4 Å². The number of aryl methyl sites for hydroxylation is 1. The van der Waals surface area contributed by atoms with Crippen molar-refractivity contribution in [3.05, 3.63) is 117 Å². The maximum atomic E-state index is 12.4. The summed E-state index contributed by atoms with van der Waals surface area (Å²) >= 11 is 3.21. The summed E-state index contributed by atoms with van der Waals surface area (Å²) in [5.74, 6) is -0.206. The molecule has 0 aliphatic rings. The molecule has 0 fully saturated rings. The summed E-state index contributed by atoms with van der Waals surface area (Å²) in [7, 11) is -3.33. The number of hydrogen-bond donors (Lipinski definition) is 2. The van der Waals surface area contributed by atoms with E-state index in [1.807, 2.05) is 31.2 Å². The molecule has 41 heavy (non-hydrogen) atoms. The van der Waals surface area contributed by atoms with Gasteiger partial charge in [-0.15, -0.1) is 0 Å². The summed E-state index contributed by atoms with van der Waals surface area (Å²) < 4.78 is 24.7. The lowest BCUT2D eigenvalue weighted by molar-refractivity contribution is -0.384. The fourth-order valence-corrected chi connectivity index (χ4v) is 5.20. The zero-order valence-corrected chi connectivity index (χ0v) is 25.5. The van der Waals surface area contributed by atoms with E-state index in [2.05, 4.69) is 33.5 Å². The first-order valence-corrected chi connectivity index (χ1v) is 15.6. The third-order valence-corrected chi connectivity index (χ3v) is 7.79. The van der Waals surface area contributed by atoms with Crippen LogP contribution in [0.15, 0.2) is 100 Å². The number of nitrogens with zero attached hydrogens (tertiary/aromatic N) is 1. The molecule has 0 saturated carbocycles. The Labute approximate surface area is 249 Å². The monoisotopic (exact) mass is 637 g/mol. The van der Waals surface area contributed by atoms with Gasteiger partial charge in [0.1, 0.15) is 5.69 Å². The van der Waals surface area contributed by atoms with Crippen molar-refractivity contribution in [1.82, 2.24) is 0 Å². The molecule has 0 radical (unpaired) electrons. The fourth-order valence-electron chi connectivity index (χ4n) is 3.94. The number of sulfone groups is 1. The molecule has 1 amide bonds. The molecule has 0 aliphatic heterocycles. The number of halogens is 1. The highest BCUT2D eigenvalue weighted by Gasteiger charge is 2.15. The Hall–Kier alpha value is -4.02. The van der Waals surface area contributed by atoms with Gasteiger partial charge in [-0.1, -0.05) is 77.8 Å². The van der Waals surface area contributed by atoms with Crippen LogP contribution in [0, 0.1) is 17.0 Å². The average Bonchev–Trinajstić information content (AvgIpc) is 2.95. The number of nitro benzene ring substituents is 1. The minimum absolute atomic E-state index is 0.112. The molecule has 10 heteroatoms. The Kier molecular flexibility index (Phi) is 11.2. The Morgan fingerprint density at radius 1 is 0.927 bits per heavy atom. The van der Waals surface area contributed by atoms with E-state index < -0.39 is 9.84 Å². The van der Waals surface area contributed by atoms with Gasteiger partial charge >= 0.3 is 0 Å². The molecule has 4 aromatic carbocycles. The predicted molar refractivity (Wildman–Crippen MR) is 168 cm³/mol. The zero-order chi connectivity index (χ0) is 30.0. The Morgan fingerprint density at radius 3 is 2.22 bits per heavy atom. The van der Waals surface area contributed by atoms with E-state index in [4.69, 9.17) is 0 Å². The van der Waals surface area contributed by atoms with Crippen LogP contribution in [-0.4, -0.2) is 32.0 Å². The first kappa shape index (κ1) is 31.5. The molecule has 2 N–H and O–H groups in total. The standard InChI is InChI=1S/C21H19NO3S.C10H13BrN2O2/c1-15-7-3-5-9-19(15)22-21(23)17-13-11-16(12-14-17)18-8-4-6-10-20(18)26(2,24)25;1-2-3-6-12-9-5-4-8(11)7-10(9)13(14)15/h3-14H,1-2H3,(H,22,23);4-5,7,12H,2-3,6H2,1H3. The molecule has 0 heterocycles. The van der Waals surface area contributed by atoms with Crippen molar-refractivity contribution in [2.45, 2.75) is 31.6 Å². The lowest BCUT2D eigenvalue weighted by Gasteiger charge is -2.10. The van der Waals surface area contributed by atoms with E-state index >= 15 is 0 Å². The number of amides is 1. The number of nitro groups is 1. The minimum atomic E-state index is -3.33. The van der Waals surface area contributed by atoms with E-state index in [9.17, 15) is 23.3 Å². The lowest BCUT2D eigenvalue weighted by atomic mass is 10.0. The van der Waals surface area contributed by atoms with Crippen molar-refractivity contribution in [2.75, 3.05) is 23.4 Å². The normalized spacial score (nSPS) is 10.7. The number of rotatable bonds is 9. The molecule has 214 valence electrons. The Morgan fingerprint density at radius 2 is 1.59 bits per heavy atom. The summed E-state index contributed by atoms with van der Waals surface area (Å²) in [5, 5.41) is 16.7. The Balaban J connectivity index is 0.000000263. The lowest BCUT2D eigenvalue weighted by Crippen LogP contribution is -2.12. The number of nitrogens with one attached hydrogen (secondary N) is 2. The smallest absolute Gasteiger partial charge is 0.293 e. The number of para-hydroxylation sites is 1. The summed E-state index contributed by atoms with van der Waals surface area (Å²) in [6.45, 7) is 4.78. The molecule has 4 aromatic rings. The van der Waals surface area contributed by atoms with Crippen LogP contribution < -0.4 is 10.6 Å². The van der Waals surface area contributed by atoms with Crippen LogP contribution in [0.4, 0.5) is 17.1 Å². The van der Waals surface area contributed by atoms with Gasteiger partial charge in [-0.2, -0.15) is 0 Å². The SMILES string of the molecule is CCCCNc1ccc(Br)cc1[N+](=O)[O-].Cc1ccccc1NC(=O)c1ccc(-c2ccccc2S(C)(=O)=O)cc1. The predicted octanol–water partition coefficient (Wildman–Crippen LogP) is 7.89. The van der Waals surface area contributed by atoms with Crippen LogP contribution >= 0.6 is 15.9 Å². The maximum Gasteiger partial charge on any atom is 0.293 e. The van der Waals surface area contributed by atoms with Crippen LogP contribution in [0.5, 0.6) is 0 Å². The van der Waals surface area contributed by atoms with Crippen molar-refractivity contribution < 1.29 is 18.1 Å². The third kappa shape index (κ3) is 8.99. The molecule has 4 rings (SSSR count). The van der Waals surface area contributed by atoms with Gasteiger partial charge in [0.25, 0.3) is 11.6 Å². The molecular weight excluding hydrogens is 606 g/mol. The van der Waals surface area contributed by atoms with Gasteiger partial charge in [0.15, 0.2) is 9.84 Å². The van der Waals surface area contributed by atoms with Gasteiger partial charge in [-0.05, 0) is 60.9 Å². The van der Waals surface area contributed by atoms with Crippen molar-refractivity contribution in [1.29, 1.82) is 0 Å². The molecule has 0 bridgehead atoms. The topological polar surface area (TPSA) is 118 Å². The number of carbonyl (C=O) groups excluding carboxylic acids is 1. The van der Waals surface area contributed by atoms with Crippen LogP contribution in [0.1, 0.15) is 35.7 Å². The number of hydrogen-bond acceptors (Lipinski definition) is 6. The van der Waals surface area contributed by atoms with Crippen molar-refractivity contribution in [2.24, 2.45) is 0 Å². The summed E-state index contributed by atoms with van der Waals surface area (Å²) in [5.41, 5.74) is 4.33. The number of unbranched alkanes of at least 4 members (excludes halogenated alkanes) is 1. The fraction of sp³-hybridized carbons (Fsp3) is 0.194. The van der Waals surface area contributed by atoms with E-state index in [0.717, 1.165) is 40.7 Å². The third-order valence-electron chi connectivity index (χ3n) is 6.14. The van der Waals surface area contributed by atoms with Gasteiger partial charge in [-0.3, -0.25) is 14.9 Å². The zero-order valence-electron chi connectivity index (χ0n) is 23.1. The van der Waals surface area contributed by atoms with E-state index in [1.165, 1.54) is 12.3 Å². The van der Waals surface area contributed by atoms with Crippen molar-refractivity contribution in [3.63, 3.8) is 0 Å². The number of carbonyl (C=O) groups is 1. The molecule has 8 nitrogen and oxygen atoms in total. The molecule has 0 atom stereocenters. The van der Waals surface area contributed by atoms with Crippen molar-refractivity contribution >= 4 is 48.7 Å². The summed E-state index contributed by atoms with van der Waals surface area (Å²) in [6.07, 6.45) is 3.26. The van der Waals surface area contributed by atoms with Crippen molar-refractivity contribution in [3.8, 4) is 11.1 Å². The van der Waals surface area contributed by atoms with E-state index in [1.54, 1.807) is 60.7 Å². The second-order valence-electron chi connectivity index (χ2n) is 9.31. The second kappa shape index (κ2) is 14.6. The van der Waals surface area contributed by atoms with Crippen LogP contribution in [-0.2, 0) is 9.84 Å². The van der Waals surface area contributed by atoms with E-state index in [0.29, 0.717) is 16.8 Å². The average molecular weight is 639 g/mol. The number of benzene rings is 4. The summed E-state index contributed by atoms with van der Waals surface area (Å²) in [6, 6.07) is 26.3. The quantitative estimate of drug-likeness (QED) is 0.109. The highest BCUT2D eigenvalue weighted by Crippen LogP contribution is 2.29.